The molecule has 32 heavy (non-hydrogen) atoms. The van der Waals surface area contributed by atoms with Crippen LogP contribution >= 0.6 is 23.2 Å². The normalized spacial score (nSPS) is 16.9. The third-order valence-corrected chi connectivity index (χ3v) is 6.66. The maximum absolute atomic E-state index is 13.4. The van der Waals surface area contributed by atoms with Crippen LogP contribution in [-0.2, 0) is 13.1 Å². The summed E-state index contributed by atoms with van der Waals surface area (Å²) < 4.78 is 3.21. The molecule has 0 radical (unpaired) electrons. The van der Waals surface area contributed by atoms with E-state index in [1.165, 1.54) is 0 Å². The molecular weight excluding hydrogens is 447 g/mol. The fourth-order valence-electron chi connectivity index (χ4n) is 4.26. The molecule has 2 aliphatic heterocycles. The van der Waals surface area contributed by atoms with Gasteiger partial charge >= 0.3 is 5.69 Å². The highest BCUT2D eigenvalue weighted by Gasteiger charge is 2.25. The molecule has 0 unspecified atom stereocenters. The topological polar surface area (TPSA) is 58.7 Å². The average molecular weight is 471 g/mol. The summed E-state index contributed by atoms with van der Waals surface area (Å²) in [6.07, 6.45) is 0. The van der Waals surface area contributed by atoms with Crippen molar-refractivity contribution < 1.29 is 0 Å². The van der Waals surface area contributed by atoms with Crippen molar-refractivity contribution in [2.45, 2.75) is 13.1 Å². The van der Waals surface area contributed by atoms with E-state index >= 15 is 0 Å². The molecule has 7 nitrogen and oxygen atoms in total. The second kappa shape index (κ2) is 8.83. The first-order chi connectivity index (χ1) is 15.5. The van der Waals surface area contributed by atoms with E-state index in [1.807, 2.05) is 36.4 Å². The molecular formula is C23H24Cl2N6O. The number of likely N-dealkylation sites (N-methyl/N-ethyl adjacent to an activating group) is 1. The fraction of sp³-hybridized carbons (Fsp3) is 0.348. The molecule has 0 saturated carbocycles. The molecule has 0 amide bonds. The first-order valence-corrected chi connectivity index (χ1v) is 11.5. The van der Waals surface area contributed by atoms with Crippen molar-refractivity contribution in [3.8, 4) is 5.69 Å². The monoisotopic (exact) mass is 470 g/mol. The predicted octanol–water partition coefficient (Wildman–Crippen LogP) is 2.94. The zero-order chi connectivity index (χ0) is 22.2. The van der Waals surface area contributed by atoms with Gasteiger partial charge in [0.25, 0.3) is 0 Å². The number of hydrogen-bond acceptors (Lipinski definition) is 5. The van der Waals surface area contributed by atoms with Crippen molar-refractivity contribution >= 4 is 28.9 Å². The zero-order valence-corrected chi connectivity index (χ0v) is 19.4. The van der Waals surface area contributed by atoms with Gasteiger partial charge in [-0.2, -0.15) is 5.10 Å². The maximum Gasteiger partial charge on any atom is 0.350 e. The Bertz CT molecular complexity index is 1240. The number of rotatable bonds is 4. The summed E-state index contributed by atoms with van der Waals surface area (Å²) >= 11 is 12.8. The summed E-state index contributed by atoms with van der Waals surface area (Å²) in [5.74, 6) is 0.610. The quantitative estimate of drug-likeness (QED) is 0.587. The third kappa shape index (κ3) is 4.01. The van der Waals surface area contributed by atoms with Gasteiger partial charge in [0.1, 0.15) is 6.54 Å². The summed E-state index contributed by atoms with van der Waals surface area (Å²) in [5.41, 5.74) is 2.84. The number of hydrogen-bond donors (Lipinski definition) is 0. The van der Waals surface area contributed by atoms with E-state index in [0.717, 1.165) is 49.5 Å². The minimum absolute atomic E-state index is 0.159. The molecule has 9 heteroatoms. The SMILES string of the molecule is CN1CCN(CCn2nc3n(c2=O)-c2ccc(Cl)cc2C(c2ccccc2Cl)=NC3)CC1. The summed E-state index contributed by atoms with van der Waals surface area (Å²) in [6, 6.07) is 13.0. The van der Waals surface area contributed by atoms with Crippen LogP contribution in [0.15, 0.2) is 52.3 Å². The van der Waals surface area contributed by atoms with Crippen molar-refractivity contribution in [3.05, 3.63) is 79.9 Å². The summed E-state index contributed by atoms with van der Waals surface area (Å²) in [4.78, 5) is 22.9. The van der Waals surface area contributed by atoms with Crippen LogP contribution in [0.2, 0.25) is 10.0 Å². The Morgan fingerprint density at radius 1 is 0.969 bits per heavy atom. The van der Waals surface area contributed by atoms with Crippen LogP contribution in [0.5, 0.6) is 0 Å². The van der Waals surface area contributed by atoms with E-state index in [2.05, 4.69) is 21.9 Å². The third-order valence-electron chi connectivity index (χ3n) is 6.09. The van der Waals surface area contributed by atoms with Crippen molar-refractivity contribution in [3.63, 3.8) is 0 Å². The van der Waals surface area contributed by atoms with Crippen LogP contribution in [0.25, 0.3) is 5.69 Å². The maximum atomic E-state index is 13.4. The zero-order valence-electron chi connectivity index (χ0n) is 17.8. The Labute approximate surface area is 196 Å². The highest BCUT2D eigenvalue weighted by Crippen LogP contribution is 2.28. The van der Waals surface area contributed by atoms with E-state index in [0.29, 0.717) is 28.1 Å². The van der Waals surface area contributed by atoms with Crippen LogP contribution in [-0.4, -0.2) is 69.6 Å². The molecule has 1 fully saturated rings. The van der Waals surface area contributed by atoms with Gasteiger partial charge in [-0.1, -0.05) is 41.4 Å². The van der Waals surface area contributed by atoms with E-state index in [1.54, 1.807) is 15.3 Å². The Morgan fingerprint density at radius 3 is 2.53 bits per heavy atom. The Hall–Kier alpha value is -2.45. The lowest BCUT2D eigenvalue weighted by Gasteiger charge is -2.32. The molecule has 0 bridgehead atoms. The van der Waals surface area contributed by atoms with Crippen molar-refractivity contribution in [1.82, 2.24) is 24.1 Å². The smallest absolute Gasteiger partial charge is 0.304 e. The molecule has 0 aliphatic carbocycles. The molecule has 0 atom stereocenters. The summed E-state index contributed by atoms with van der Waals surface area (Å²) in [7, 11) is 2.13. The lowest BCUT2D eigenvalue weighted by atomic mass is 10.0. The molecule has 0 N–H and O–H groups in total. The average Bonchev–Trinajstić information content (AvgIpc) is 3.00. The Kier molecular flexibility index (Phi) is 5.90. The molecule has 3 heterocycles. The second-order valence-corrected chi connectivity index (χ2v) is 9.05. The van der Waals surface area contributed by atoms with Gasteiger partial charge in [0.05, 0.1) is 17.9 Å². The van der Waals surface area contributed by atoms with Crippen molar-refractivity contribution in [2.24, 2.45) is 4.99 Å². The minimum atomic E-state index is -0.159. The summed E-state index contributed by atoms with van der Waals surface area (Å²) in [6.45, 7) is 5.73. The van der Waals surface area contributed by atoms with Crippen LogP contribution in [0.3, 0.4) is 0 Å². The number of piperazine rings is 1. The van der Waals surface area contributed by atoms with Crippen LogP contribution in [0, 0.1) is 0 Å². The first-order valence-electron chi connectivity index (χ1n) is 10.7. The van der Waals surface area contributed by atoms with Gasteiger partial charge in [-0.05, 0) is 31.3 Å². The molecule has 1 saturated heterocycles. The lowest BCUT2D eigenvalue weighted by molar-refractivity contribution is 0.148. The molecule has 1 aromatic heterocycles. The first kappa shape index (κ1) is 21.4. The van der Waals surface area contributed by atoms with Gasteiger partial charge in [0.2, 0.25) is 0 Å². The second-order valence-electron chi connectivity index (χ2n) is 8.21. The molecule has 2 aliphatic rings. The fourth-order valence-corrected chi connectivity index (χ4v) is 4.66. The largest absolute Gasteiger partial charge is 0.350 e. The molecule has 3 aromatic rings. The van der Waals surface area contributed by atoms with E-state index in [9.17, 15) is 4.79 Å². The van der Waals surface area contributed by atoms with Crippen LogP contribution < -0.4 is 5.69 Å². The Balaban J connectivity index is 1.51. The van der Waals surface area contributed by atoms with E-state index in [-0.39, 0.29) is 12.2 Å². The van der Waals surface area contributed by atoms with Gasteiger partial charge in [0, 0.05) is 53.9 Å². The van der Waals surface area contributed by atoms with E-state index < -0.39 is 0 Å². The van der Waals surface area contributed by atoms with E-state index in [4.69, 9.17) is 28.2 Å². The van der Waals surface area contributed by atoms with Crippen molar-refractivity contribution in [2.75, 3.05) is 39.8 Å². The number of halogens is 2. The summed E-state index contributed by atoms with van der Waals surface area (Å²) in [5, 5.41) is 5.81. The molecule has 0 spiro atoms. The number of aliphatic imine (C=N–C) groups is 1. The van der Waals surface area contributed by atoms with Gasteiger partial charge in [-0.25, -0.2) is 14.0 Å². The number of fused-ring (bicyclic) bond motifs is 3. The number of benzene rings is 2. The molecule has 166 valence electrons. The molecule has 5 rings (SSSR count). The van der Waals surface area contributed by atoms with Crippen molar-refractivity contribution in [1.29, 1.82) is 0 Å². The van der Waals surface area contributed by atoms with Crippen LogP contribution in [0.4, 0.5) is 0 Å². The lowest BCUT2D eigenvalue weighted by Crippen LogP contribution is -2.45. The van der Waals surface area contributed by atoms with Gasteiger partial charge in [-0.3, -0.25) is 9.89 Å². The van der Waals surface area contributed by atoms with Crippen LogP contribution in [0.1, 0.15) is 17.0 Å². The number of aromatic nitrogens is 3. The molecule has 2 aromatic carbocycles. The number of nitrogens with zero attached hydrogens (tertiary/aromatic N) is 6. The van der Waals surface area contributed by atoms with Gasteiger partial charge in [0.15, 0.2) is 5.82 Å². The Morgan fingerprint density at radius 2 is 1.75 bits per heavy atom. The minimum Gasteiger partial charge on any atom is -0.304 e. The highest BCUT2D eigenvalue weighted by molar-refractivity contribution is 6.36. The van der Waals surface area contributed by atoms with Gasteiger partial charge < -0.3 is 4.90 Å². The highest BCUT2D eigenvalue weighted by atomic mass is 35.5. The predicted molar refractivity (Wildman–Crippen MR) is 128 cm³/mol. The standard InChI is InChI=1S/C23H24Cl2N6O/c1-28-8-10-29(11-9-28)12-13-30-23(32)31-20-7-6-16(24)14-18(20)22(26-15-21(31)27-30)17-4-2-3-5-19(17)25/h2-7,14H,8-13,15H2,1H3. The van der Waals surface area contributed by atoms with Gasteiger partial charge in [-0.15, -0.1) is 0 Å².